The highest BCUT2D eigenvalue weighted by atomic mass is 16.5. The summed E-state index contributed by atoms with van der Waals surface area (Å²) in [6, 6.07) is 24.5. The predicted octanol–water partition coefficient (Wildman–Crippen LogP) is 7.55. The number of imidazole rings is 1. The van der Waals surface area contributed by atoms with E-state index >= 15 is 0 Å². The van der Waals surface area contributed by atoms with Crippen molar-refractivity contribution in [3.63, 3.8) is 0 Å². The number of esters is 1. The highest BCUT2D eigenvalue weighted by Crippen LogP contribution is 2.40. The summed E-state index contributed by atoms with van der Waals surface area (Å²) in [5.74, 6) is 2.20. The van der Waals surface area contributed by atoms with E-state index in [-0.39, 0.29) is 5.97 Å². The molecule has 5 rings (SSSR count). The molecular formula is C34H41N3O3. The highest BCUT2D eigenvalue weighted by Gasteiger charge is 2.33. The number of aromatic nitrogens is 2. The zero-order valence-corrected chi connectivity index (χ0v) is 24.4. The number of nitrogens with zero attached hydrogens (tertiary/aromatic N) is 3. The first kappa shape index (κ1) is 27.8. The average Bonchev–Trinajstić information content (AvgIpc) is 3.30. The molecule has 1 saturated carbocycles. The minimum atomic E-state index is -0.315. The van der Waals surface area contributed by atoms with Crippen LogP contribution >= 0.6 is 0 Å². The molecular weight excluding hydrogens is 498 g/mol. The molecule has 0 bridgehead atoms. The van der Waals surface area contributed by atoms with Gasteiger partial charge in [-0.05, 0) is 72.4 Å². The summed E-state index contributed by atoms with van der Waals surface area (Å²) in [7, 11) is 3.51. The normalized spacial score (nSPS) is 17.5. The van der Waals surface area contributed by atoms with E-state index in [9.17, 15) is 4.79 Å². The lowest BCUT2D eigenvalue weighted by molar-refractivity contribution is 0.0600. The maximum Gasteiger partial charge on any atom is 0.337 e. The number of hydrogen-bond donors (Lipinski definition) is 0. The van der Waals surface area contributed by atoms with E-state index < -0.39 is 0 Å². The molecule has 0 saturated heterocycles. The third kappa shape index (κ3) is 6.16. The van der Waals surface area contributed by atoms with E-state index in [1.54, 1.807) is 0 Å². The molecule has 1 fully saturated rings. The number of fused-ring (bicyclic) bond motifs is 1. The van der Waals surface area contributed by atoms with Gasteiger partial charge in [-0.2, -0.15) is 0 Å². The number of benzene rings is 3. The van der Waals surface area contributed by atoms with Gasteiger partial charge in [-0.25, -0.2) is 9.78 Å². The second-order valence-electron chi connectivity index (χ2n) is 12.1. The van der Waals surface area contributed by atoms with E-state index in [4.69, 9.17) is 14.5 Å². The topological polar surface area (TPSA) is 56.6 Å². The van der Waals surface area contributed by atoms with Gasteiger partial charge in [-0.15, -0.1) is 0 Å². The van der Waals surface area contributed by atoms with Gasteiger partial charge in [0.1, 0.15) is 12.4 Å². The van der Waals surface area contributed by atoms with Crippen LogP contribution in [-0.4, -0.2) is 28.7 Å². The second kappa shape index (κ2) is 11.7. The molecule has 0 unspecified atom stereocenters. The van der Waals surface area contributed by atoms with Gasteiger partial charge in [-0.3, -0.25) is 0 Å². The fourth-order valence-corrected chi connectivity index (χ4v) is 5.93. The zero-order chi connectivity index (χ0) is 28.3. The van der Waals surface area contributed by atoms with E-state index in [1.165, 1.54) is 20.0 Å². The van der Waals surface area contributed by atoms with Crippen LogP contribution in [0.25, 0.3) is 11.0 Å². The lowest BCUT2D eigenvalue weighted by atomic mass is 9.71. The van der Waals surface area contributed by atoms with Crippen LogP contribution < -0.4 is 9.64 Å². The molecule has 0 N–H and O–H groups in total. The first-order valence-electron chi connectivity index (χ1n) is 14.3. The Kier molecular flexibility index (Phi) is 8.15. The number of hydrogen-bond acceptors (Lipinski definition) is 5. The van der Waals surface area contributed by atoms with Crippen molar-refractivity contribution >= 4 is 23.0 Å². The lowest BCUT2D eigenvalue weighted by Gasteiger charge is -2.41. The first-order valence-corrected chi connectivity index (χ1v) is 14.3. The molecule has 0 aliphatic heterocycles. The maximum absolute atomic E-state index is 12.0. The quantitative estimate of drug-likeness (QED) is 0.216. The molecule has 4 aromatic rings. The molecule has 3 aromatic carbocycles. The van der Waals surface area contributed by atoms with Gasteiger partial charge in [0.25, 0.3) is 0 Å². The van der Waals surface area contributed by atoms with Gasteiger partial charge in [-0.1, -0.05) is 63.2 Å². The summed E-state index contributed by atoms with van der Waals surface area (Å²) in [5, 5.41) is 0. The Balaban J connectivity index is 1.42. The summed E-state index contributed by atoms with van der Waals surface area (Å²) in [5.41, 5.74) is 5.18. The van der Waals surface area contributed by atoms with Crippen molar-refractivity contribution in [2.75, 3.05) is 12.0 Å². The Morgan fingerprint density at radius 3 is 2.30 bits per heavy atom. The molecule has 1 heterocycles. The summed E-state index contributed by atoms with van der Waals surface area (Å²) < 4.78 is 13.2. The standard InChI is InChI=1S/C34H41N3O3/c1-34(2,3)27-15-17-28(18-16-27)37(22-24-11-13-26(14-12-24)32(38)39-5)33-35-30-21-29(19-20-31(30)36(33)4)40-23-25-9-7-6-8-10-25/h6-14,19-21,27-28H,15-18,22-23H2,1-5H3. The second-order valence-corrected chi connectivity index (χ2v) is 12.1. The Labute approximate surface area is 237 Å². The lowest BCUT2D eigenvalue weighted by Crippen LogP contribution is -2.41. The van der Waals surface area contributed by atoms with Crippen molar-refractivity contribution in [2.24, 2.45) is 18.4 Å². The van der Waals surface area contributed by atoms with Crippen LogP contribution in [0.1, 0.15) is 67.9 Å². The maximum atomic E-state index is 12.0. The summed E-state index contributed by atoms with van der Waals surface area (Å²) in [6.07, 6.45) is 4.70. The van der Waals surface area contributed by atoms with Gasteiger partial charge >= 0.3 is 5.97 Å². The van der Waals surface area contributed by atoms with E-state index in [2.05, 4.69) is 55.5 Å². The van der Waals surface area contributed by atoms with Crippen molar-refractivity contribution in [3.8, 4) is 5.75 Å². The third-order valence-electron chi connectivity index (χ3n) is 8.42. The van der Waals surface area contributed by atoms with Crippen LogP contribution in [0.15, 0.2) is 72.8 Å². The average molecular weight is 540 g/mol. The fourth-order valence-electron chi connectivity index (χ4n) is 5.93. The molecule has 0 atom stereocenters. The fraction of sp³-hybridized carbons (Fsp3) is 0.412. The molecule has 0 spiro atoms. The minimum Gasteiger partial charge on any atom is -0.489 e. The number of aryl methyl sites for hydroxylation is 1. The van der Waals surface area contributed by atoms with Crippen molar-refractivity contribution in [3.05, 3.63) is 89.5 Å². The van der Waals surface area contributed by atoms with Crippen molar-refractivity contribution < 1.29 is 14.3 Å². The van der Waals surface area contributed by atoms with Gasteiger partial charge < -0.3 is 18.9 Å². The predicted molar refractivity (Wildman–Crippen MR) is 161 cm³/mol. The first-order chi connectivity index (χ1) is 19.2. The monoisotopic (exact) mass is 539 g/mol. The largest absolute Gasteiger partial charge is 0.489 e. The van der Waals surface area contributed by atoms with Gasteiger partial charge in [0.05, 0.1) is 23.7 Å². The number of carbonyl (C=O) groups excluding carboxylic acids is 1. The Hall–Kier alpha value is -3.80. The smallest absolute Gasteiger partial charge is 0.337 e. The van der Waals surface area contributed by atoms with Gasteiger partial charge in [0, 0.05) is 25.7 Å². The van der Waals surface area contributed by atoms with Crippen molar-refractivity contribution in [1.82, 2.24) is 9.55 Å². The number of ether oxygens (including phenoxy) is 2. The zero-order valence-electron chi connectivity index (χ0n) is 24.4. The Morgan fingerprint density at radius 1 is 0.950 bits per heavy atom. The molecule has 1 aromatic heterocycles. The third-order valence-corrected chi connectivity index (χ3v) is 8.42. The summed E-state index contributed by atoms with van der Waals surface area (Å²) >= 11 is 0. The molecule has 6 heteroatoms. The number of anilines is 1. The van der Waals surface area contributed by atoms with Crippen molar-refractivity contribution in [2.45, 2.75) is 65.6 Å². The minimum absolute atomic E-state index is 0.315. The van der Waals surface area contributed by atoms with Crippen LogP contribution in [0.3, 0.4) is 0 Å². The van der Waals surface area contributed by atoms with Crippen LogP contribution in [0.5, 0.6) is 5.75 Å². The molecule has 6 nitrogen and oxygen atoms in total. The van der Waals surface area contributed by atoms with Crippen LogP contribution in [0.2, 0.25) is 0 Å². The number of rotatable bonds is 8. The molecule has 1 aliphatic rings. The number of carbonyl (C=O) groups is 1. The van der Waals surface area contributed by atoms with E-state index in [1.807, 2.05) is 54.6 Å². The summed E-state index contributed by atoms with van der Waals surface area (Å²) in [4.78, 5) is 19.6. The molecule has 0 radical (unpaired) electrons. The SMILES string of the molecule is COC(=O)c1ccc(CN(c2nc3cc(OCc4ccccc4)ccc3n2C)C2CCC(C(C)(C)C)CC2)cc1. The van der Waals surface area contributed by atoms with Crippen molar-refractivity contribution in [1.29, 1.82) is 0 Å². The van der Waals surface area contributed by atoms with Gasteiger partial charge in [0.15, 0.2) is 0 Å². The Bertz CT molecular complexity index is 1430. The van der Waals surface area contributed by atoms with Gasteiger partial charge in [0.2, 0.25) is 5.95 Å². The molecule has 1 aliphatic carbocycles. The van der Waals surface area contributed by atoms with Crippen LogP contribution in [-0.2, 0) is 24.9 Å². The Morgan fingerprint density at radius 2 is 1.65 bits per heavy atom. The number of methoxy groups -OCH3 is 1. The highest BCUT2D eigenvalue weighted by molar-refractivity contribution is 5.89. The van der Waals surface area contributed by atoms with Crippen LogP contribution in [0.4, 0.5) is 5.95 Å². The van der Waals surface area contributed by atoms with Crippen LogP contribution in [0, 0.1) is 11.3 Å². The van der Waals surface area contributed by atoms with E-state index in [0.29, 0.717) is 23.6 Å². The van der Waals surface area contributed by atoms with E-state index in [0.717, 1.165) is 59.2 Å². The summed E-state index contributed by atoms with van der Waals surface area (Å²) in [6.45, 7) is 8.34. The molecule has 40 heavy (non-hydrogen) atoms. The molecule has 0 amide bonds. The molecule has 210 valence electrons.